The minimum atomic E-state index is -3.52. The Bertz CT molecular complexity index is 1580. The summed E-state index contributed by atoms with van der Waals surface area (Å²) < 4.78 is 30.8. The summed E-state index contributed by atoms with van der Waals surface area (Å²) in [5, 5.41) is 8.64. The second-order valence-electron chi connectivity index (χ2n) is 10.7. The van der Waals surface area contributed by atoms with Gasteiger partial charge in [0.25, 0.3) is 0 Å². The van der Waals surface area contributed by atoms with Crippen molar-refractivity contribution in [3.8, 4) is 11.3 Å². The molecule has 3 heterocycles. The predicted octanol–water partition coefficient (Wildman–Crippen LogP) is 7.01. The van der Waals surface area contributed by atoms with Crippen LogP contribution in [0, 0.1) is 5.92 Å². The Morgan fingerprint density at radius 3 is 2.46 bits per heavy atom. The van der Waals surface area contributed by atoms with Gasteiger partial charge >= 0.3 is 0 Å². The number of fused-ring (bicyclic) bond motifs is 1. The zero-order chi connectivity index (χ0) is 27.8. The number of sulfonamides is 1. The summed E-state index contributed by atoms with van der Waals surface area (Å²) in [6.45, 7) is 8.20. The van der Waals surface area contributed by atoms with Crippen LogP contribution in [-0.4, -0.2) is 47.0 Å². The first kappa shape index (κ1) is 28.1. The molecule has 1 aliphatic rings. The van der Waals surface area contributed by atoms with E-state index < -0.39 is 10.0 Å². The maximum absolute atomic E-state index is 13.3. The SMILES string of the molecule is CCC(C)(C)c1ccc(S(=O)(=O)N2CCC(CNc3cc(-c4ccccc4Cl)nc4c(Br)cnn34)CC2)cc1. The Hall–Kier alpha value is -2.46. The molecule has 1 fully saturated rings. The van der Waals surface area contributed by atoms with Crippen LogP contribution in [0.2, 0.25) is 5.02 Å². The first-order valence-corrected chi connectivity index (χ1v) is 15.8. The summed E-state index contributed by atoms with van der Waals surface area (Å²) in [7, 11) is -3.52. The van der Waals surface area contributed by atoms with Crippen molar-refractivity contribution in [2.24, 2.45) is 5.92 Å². The quantitative estimate of drug-likeness (QED) is 0.227. The van der Waals surface area contributed by atoms with Gasteiger partial charge in [-0.15, -0.1) is 0 Å². The third-order valence-electron chi connectivity index (χ3n) is 7.88. The summed E-state index contributed by atoms with van der Waals surface area (Å²) in [6, 6.07) is 17.0. The average Bonchev–Trinajstić information content (AvgIpc) is 3.32. The van der Waals surface area contributed by atoms with Gasteiger partial charge in [0.05, 0.1) is 21.3 Å². The van der Waals surface area contributed by atoms with E-state index in [1.165, 1.54) is 0 Å². The number of hydrogen-bond acceptors (Lipinski definition) is 5. The van der Waals surface area contributed by atoms with Crippen molar-refractivity contribution in [1.82, 2.24) is 18.9 Å². The van der Waals surface area contributed by atoms with Crippen LogP contribution in [0.15, 0.2) is 70.2 Å². The molecule has 0 radical (unpaired) electrons. The molecule has 7 nitrogen and oxygen atoms in total. The number of rotatable bonds is 8. The van der Waals surface area contributed by atoms with E-state index in [0.717, 1.165) is 46.4 Å². The number of aromatic nitrogens is 3. The lowest BCUT2D eigenvalue weighted by Gasteiger charge is -2.31. The molecule has 206 valence electrons. The van der Waals surface area contributed by atoms with Crippen molar-refractivity contribution < 1.29 is 8.42 Å². The summed E-state index contributed by atoms with van der Waals surface area (Å²) in [4.78, 5) is 5.13. The highest BCUT2D eigenvalue weighted by molar-refractivity contribution is 9.10. The van der Waals surface area contributed by atoms with Crippen LogP contribution in [-0.2, 0) is 15.4 Å². The van der Waals surface area contributed by atoms with E-state index in [4.69, 9.17) is 16.6 Å². The number of halogens is 2. The Balaban J connectivity index is 1.26. The summed E-state index contributed by atoms with van der Waals surface area (Å²) in [5.74, 6) is 1.14. The molecule has 0 spiro atoms. The van der Waals surface area contributed by atoms with Crippen molar-refractivity contribution in [3.63, 3.8) is 0 Å². The maximum atomic E-state index is 13.3. The topological polar surface area (TPSA) is 79.6 Å². The van der Waals surface area contributed by atoms with Crippen molar-refractivity contribution in [2.75, 3.05) is 25.0 Å². The lowest BCUT2D eigenvalue weighted by molar-refractivity contribution is 0.282. The minimum absolute atomic E-state index is 0.0222. The maximum Gasteiger partial charge on any atom is 0.243 e. The fourth-order valence-corrected chi connectivity index (χ4v) is 6.95. The zero-order valence-corrected chi connectivity index (χ0v) is 25.5. The second kappa shape index (κ2) is 11.2. The summed E-state index contributed by atoms with van der Waals surface area (Å²) >= 11 is 10.0. The average molecular weight is 631 g/mol. The van der Waals surface area contributed by atoms with Gasteiger partial charge in [-0.25, -0.2) is 13.4 Å². The van der Waals surface area contributed by atoms with Crippen molar-refractivity contribution in [1.29, 1.82) is 0 Å². The normalized spacial score (nSPS) is 15.6. The van der Waals surface area contributed by atoms with Gasteiger partial charge in [-0.3, -0.25) is 0 Å². The molecule has 0 aliphatic carbocycles. The van der Waals surface area contributed by atoms with Crippen LogP contribution in [0.5, 0.6) is 0 Å². The number of piperidine rings is 1. The lowest BCUT2D eigenvalue weighted by Crippen LogP contribution is -2.40. The van der Waals surface area contributed by atoms with E-state index in [1.807, 2.05) is 42.5 Å². The number of nitrogens with one attached hydrogen (secondary N) is 1. The largest absolute Gasteiger partial charge is 0.370 e. The third-order valence-corrected chi connectivity index (χ3v) is 10.7. The van der Waals surface area contributed by atoms with Crippen molar-refractivity contribution in [3.05, 3.63) is 75.9 Å². The van der Waals surface area contributed by atoms with Crippen LogP contribution in [0.3, 0.4) is 0 Å². The Morgan fingerprint density at radius 1 is 1.10 bits per heavy atom. The van der Waals surface area contributed by atoms with Gasteiger partial charge in [-0.2, -0.15) is 13.9 Å². The first-order valence-electron chi connectivity index (χ1n) is 13.2. The van der Waals surface area contributed by atoms with E-state index in [2.05, 4.69) is 47.1 Å². The molecule has 39 heavy (non-hydrogen) atoms. The first-order chi connectivity index (χ1) is 18.6. The number of benzene rings is 2. The Kier molecular flexibility index (Phi) is 8.06. The zero-order valence-electron chi connectivity index (χ0n) is 22.4. The summed E-state index contributed by atoms with van der Waals surface area (Å²) in [6.07, 6.45) is 4.27. The van der Waals surface area contributed by atoms with E-state index in [-0.39, 0.29) is 5.41 Å². The molecule has 1 aliphatic heterocycles. The predicted molar refractivity (Wildman–Crippen MR) is 161 cm³/mol. The number of anilines is 1. The van der Waals surface area contributed by atoms with Crippen LogP contribution in [0.25, 0.3) is 16.9 Å². The minimum Gasteiger partial charge on any atom is -0.370 e. The van der Waals surface area contributed by atoms with Gasteiger partial charge in [0, 0.05) is 36.3 Å². The molecule has 0 saturated carbocycles. The van der Waals surface area contributed by atoms with Gasteiger partial charge in [0.1, 0.15) is 5.82 Å². The molecular formula is C29H33BrClN5O2S. The van der Waals surface area contributed by atoms with Crippen molar-refractivity contribution in [2.45, 2.75) is 50.3 Å². The molecule has 5 rings (SSSR count). The number of hydrogen-bond donors (Lipinski definition) is 1. The summed E-state index contributed by atoms with van der Waals surface area (Å²) in [5.41, 5.74) is 3.48. The lowest BCUT2D eigenvalue weighted by atomic mass is 9.82. The highest BCUT2D eigenvalue weighted by Crippen LogP contribution is 2.32. The Morgan fingerprint density at radius 2 is 1.79 bits per heavy atom. The number of nitrogens with zero attached hydrogens (tertiary/aromatic N) is 4. The van der Waals surface area contributed by atoms with Crippen molar-refractivity contribution >= 4 is 49.0 Å². The van der Waals surface area contributed by atoms with E-state index in [9.17, 15) is 8.42 Å². The molecule has 1 saturated heterocycles. The van der Waals surface area contributed by atoms with Gasteiger partial charge in [0.15, 0.2) is 5.65 Å². The standard InChI is InChI=1S/C29H33BrClN5O2S/c1-4-29(2,3)21-9-11-22(12-10-21)39(37,38)35-15-13-20(14-16-35)18-32-27-17-26(23-7-5-6-8-25(23)31)34-28-24(30)19-33-36(27)28/h5-12,17,19-20,32H,4,13-16,18H2,1-3H3. The van der Waals surface area contributed by atoms with Gasteiger partial charge in [-0.1, -0.05) is 62.7 Å². The molecule has 0 bridgehead atoms. The Labute approximate surface area is 243 Å². The molecule has 0 atom stereocenters. The van der Waals surface area contributed by atoms with Crippen LogP contribution in [0.1, 0.15) is 45.6 Å². The monoisotopic (exact) mass is 629 g/mol. The molecular weight excluding hydrogens is 598 g/mol. The fraction of sp³-hybridized carbons (Fsp3) is 0.379. The van der Waals surface area contributed by atoms with Gasteiger partial charge in [0.2, 0.25) is 10.0 Å². The molecule has 2 aromatic heterocycles. The van der Waals surface area contributed by atoms with Crippen LogP contribution >= 0.6 is 27.5 Å². The smallest absolute Gasteiger partial charge is 0.243 e. The fourth-order valence-electron chi connectivity index (χ4n) is 4.90. The van der Waals surface area contributed by atoms with Crippen LogP contribution < -0.4 is 5.32 Å². The highest BCUT2D eigenvalue weighted by Gasteiger charge is 2.30. The molecule has 0 amide bonds. The van der Waals surface area contributed by atoms with Crippen LogP contribution in [0.4, 0.5) is 5.82 Å². The molecule has 10 heteroatoms. The molecule has 0 unspecified atom stereocenters. The third kappa shape index (κ3) is 5.73. The molecule has 2 aromatic carbocycles. The molecule has 4 aromatic rings. The highest BCUT2D eigenvalue weighted by atomic mass is 79.9. The molecule has 1 N–H and O–H groups in total. The van der Waals surface area contributed by atoms with E-state index in [1.54, 1.807) is 27.2 Å². The van der Waals surface area contributed by atoms with Gasteiger partial charge in [-0.05, 0) is 70.3 Å². The van der Waals surface area contributed by atoms with Gasteiger partial charge < -0.3 is 5.32 Å². The second-order valence-corrected chi connectivity index (χ2v) is 13.9. The van der Waals surface area contributed by atoms with E-state index in [0.29, 0.717) is 41.1 Å². The van der Waals surface area contributed by atoms with E-state index >= 15 is 0 Å².